The molecule has 1 aliphatic rings. The quantitative estimate of drug-likeness (QED) is 0.179. The van der Waals surface area contributed by atoms with Crippen molar-refractivity contribution in [2.75, 3.05) is 0 Å². The van der Waals surface area contributed by atoms with Crippen LogP contribution in [0.5, 0.6) is 0 Å². The molecule has 0 saturated heterocycles. The molecule has 0 N–H and O–H groups in total. The summed E-state index contributed by atoms with van der Waals surface area (Å²) in [5, 5.41) is 8.31. The Balaban J connectivity index is 1.15. The lowest BCUT2D eigenvalue weighted by molar-refractivity contribution is 1.02. The molecule has 4 nitrogen and oxygen atoms in total. The van der Waals surface area contributed by atoms with Gasteiger partial charge in [-0.1, -0.05) is 164 Å². The second kappa shape index (κ2) is 12.3. The third-order valence-corrected chi connectivity index (χ3v) is 14.1. The summed E-state index contributed by atoms with van der Waals surface area (Å²) in [6.07, 6.45) is 0. The van der Waals surface area contributed by atoms with Crippen LogP contribution in [0.1, 0.15) is 0 Å². The van der Waals surface area contributed by atoms with Gasteiger partial charge in [0.05, 0.1) is 43.7 Å². The van der Waals surface area contributed by atoms with E-state index in [1.165, 1.54) is 87.1 Å². The zero-order chi connectivity index (χ0) is 39.8. The van der Waals surface area contributed by atoms with Crippen LogP contribution in [0.3, 0.4) is 0 Å². The maximum Gasteiger partial charge on any atom is 0.235 e. The maximum absolute atomic E-state index is 5.73. The van der Waals surface area contributed by atoms with Gasteiger partial charge in [0.15, 0.2) is 0 Å². The fourth-order valence-electron chi connectivity index (χ4n) is 10.4. The Bertz CT molecular complexity index is 4000. The average Bonchev–Trinajstić information content (AvgIpc) is 3.95. The number of aromatic nitrogens is 4. The van der Waals surface area contributed by atoms with E-state index >= 15 is 0 Å². The SMILES string of the molecule is c1ccc(-c2ccc(-c3nc(-n4c5ccccc5c5c6c7c(cc54)c4ccccc4n7-c4ccccc4-c4ccccc4-6)nc4c3sc3ccccc34)c3ccccc23)cc1. The highest BCUT2D eigenvalue weighted by molar-refractivity contribution is 7.26. The van der Waals surface area contributed by atoms with Crippen LogP contribution in [0.2, 0.25) is 0 Å². The summed E-state index contributed by atoms with van der Waals surface area (Å²) in [7, 11) is 0. The van der Waals surface area contributed by atoms with E-state index in [-0.39, 0.29) is 0 Å². The van der Waals surface area contributed by atoms with Gasteiger partial charge in [0, 0.05) is 48.3 Å². The number of nitrogens with zero attached hydrogens (tertiary/aromatic N) is 4. The first-order valence-electron chi connectivity index (χ1n) is 20.8. The molecule has 9 aromatic carbocycles. The topological polar surface area (TPSA) is 35.6 Å². The lowest BCUT2D eigenvalue weighted by Crippen LogP contribution is -2.03. The number of fused-ring (bicyclic) bond motifs is 16. The highest BCUT2D eigenvalue weighted by Crippen LogP contribution is 2.52. The predicted molar refractivity (Wildman–Crippen MR) is 256 cm³/mol. The summed E-state index contributed by atoms with van der Waals surface area (Å²) in [4.78, 5) is 11.3. The Morgan fingerprint density at radius 3 is 1.82 bits per heavy atom. The van der Waals surface area contributed by atoms with Gasteiger partial charge in [-0.3, -0.25) is 4.57 Å². The van der Waals surface area contributed by atoms with Crippen LogP contribution in [0, 0.1) is 0 Å². The van der Waals surface area contributed by atoms with Crippen molar-refractivity contribution >= 4 is 86.0 Å². The Morgan fingerprint density at radius 1 is 0.393 bits per heavy atom. The molecule has 5 heteroatoms. The molecule has 61 heavy (non-hydrogen) atoms. The van der Waals surface area contributed by atoms with Gasteiger partial charge in [0.25, 0.3) is 0 Å². The summed E-state index contributed by atoms with van der Waals surface area (Å²) in [6, 6.07) is 70.5. The molecule has 0 bridgehead atoms. The summed E-state index contributed by atoms with van der Waals surface area (Å²) < 4.78 is 7.13. The van der Waals surface area contributed by atoms with E-state index in [0.29, 0.717) is 5.95 Å². The second-order valence-corrected chi connectivity index (χ2v) is 17.1. The third kappa shape index (κ3) is 4.48. The Labute approximate surface area is 353 Å². The van der Waals surface area contributed by atoms with Gasteiger partial charge in [0.1, 0.15) is 0 Å². The first kappa shape index (κ1) is 33.0. The summed E-state index contributed by atoms with van der Waals surface area (Å²) >= 11 is 1.78. The van der Waals surface area contributed by atoms with Gasteiger partial charge in [-0.05, 0) is 63.4 Å². The fraction of sp³-hybridized carbons (Fsp3) is 0. The molecule has 0 fully saturated rings. The molecule has 0 spiro atoms. The minimum absolute atomic E-state index is 0.661. The van der Waals surface area contributed by atoms with Crippen LogP contribution in [0.4, 0.5) is 0 Å². The largest absolute Gasteiger partial charge is 0.308 e. The van der Waals surface area contributed by atoms with Gasteiger partial charge < -0.3 is 4.57 Å². The first-order chi connectivity index (χ1) is 30.3. The van der Waals surface area contributed by atoms with Crippen LogP contribution in [-0.4, -0.2) is 19.1 Å². The van der Waals surface area contributed by atoms with E-state index in [0.717, 1.165) is 37.9 Å². The molecule has 0 radical (unpaired) electrons. The second-order valence-electron chi connectivity index (χ2n) is 16.0. The zero-order valence-electron chi connectivity index (χ0n) is 32.7. The van der Waals surface area contributed by atoms with Crippen molar-refractivity contribution in [1.82, 2.24) is 19.1 Å². The molecule has 0 atom stereocenters. The van der Waals surface area contributed by atoms with E-state index in [4.69, 9.17) is 9.97 Å². The Morgan fingerprint density at radius 2 is 1.00 bits per heavy atom. The minimum Gasteiger partial charge on any atom is -0.308 e. The first-order valence-corrected chi connectivity index (χ1v) is 21.6. The molecule has 13 aromatic rings. The number of hydrogen-bond acceptors (Lipinski definition) is 3. The summed E-state index contributed by atoms with van der Waals surface area (Å²) in [5.74, 6) is 0.661. The number of para-hydroxylation sites is 3. The highest BCUT2D eigenvalue weighted by atomic mass is 32.1. The van der Waals surface area contributed by atoms with Crippen LogP contribution < -0.4 is 0 Å². The number of rotatable bonds is 3. The fourth-order valence-corrected chi connectivity index (χ4v) is 11.5. The van der Waals surface area contributed by atoms with Crippen molar-refractivity contribution in [3.63, 3.8) is 0 Å². The van der Waals surface area contributed by atoms with Crippen molar-refractivity contribution in [2.24, 2.45) is 0 Å². The summed E-state index contributed by atoms with van der Waals surface area (Å²) in [5.41, 5.74) is 16.1. The molecule has 282 valence electrons. The maximum atomic E-state index is 5.73. The van der Waals surface area contributed by atoms with E-state index in [1.54, 1.807) is 11.3 Å². The predicted octanol–water partition coefficient (Wildman–Crippen LogP) is 15.2. The molecule has 0 saturated carbocycles. The molecule has 5 heterocycles. The zero-order valence-corrected chi connectivity index (χ0v) is 33.5. The van der Waals surface area contributed by atoms with E-state index < -0.39 is 0 Å². The molecular formula is C56H32N4S. The van der Waals surface area contributed by atoms with E-state index in [1.807, 2.05) is 0 Å². The Hall–Kier alpha value is -7.86. The van der Waals surface area contributed by atoms with Crippen LogP contribution in [0.25, 0.3) is 131 Å². The third-order valence-electron chi connectivity index (χ3n) is 12.9. The van der Waals surface area contributed by atoms with Crippen molar-refractivity contribution < 1.29 is 0 Å². The molecule has 0 unspecified atom stereocenters. The van der Waals surface area contributed by atoms with Gasteiger partial charge in [-0.15, -0.1) is 11.3 Å². The van der Waals surface area contributed by atoms with Gasteiger partial charge in [-0.25, -0.2) is 9.97 Å². The molecule has 0 amide bonds. The molecule has 14 rings (SSSR count). The van der Waals surface area contributed by atoms with E-state index in [9.17, 15) is 0 Å². The highest BCUT2D eigenvalue weighted by Gasteiger charge is 2.30. The summed E-state index contributed by atoms with van der Waals surface area (Å²) in [6.45, 7) is 0. The van der Waals surface area contributed by atoms with Crippen LogP contribution in [0.15, 0.2) is 194 Å². The monoisotopic (exact) mass is 792 g/mol. The van der Waals surface area contributed by atoms with Gasteiger partial charge in [-0.2, -0.15) is 0 Å². The van der Waals surface area contributed by atoms with Crippen LogP contribution >= 0.6 is 11.3 Å². The lowest BCUT2D eigenvalue weighted by Gasteiger charge is -2.14. The van der Waals surface area contributed by atoms with Gasteiger partial charge >= 0.3 is 0 Å². The van der Waals surface area contributed by atoms with E-state index in [2.05, 4.69) is 203 Å². The van der Waals surface area contributed by atoms with Crippen molar-refractivity contribution in [2.45, 2.75) is 0 Å². The molecular weight excluding hydrogens is 761 g/mol. The Kier molecular flexibility index (Phi) is 6.68. The number of benzene rings is 9. The smallest absolute Gasteiger partial charge is 0.235 e. The lowest BCUT2D eigenvalue weighted by atomic mass is 9.91. The number of hydrogen-bond donors (Lipinski definition) is 0. The average molecular weight is 793 g/mol. The molecule has 0 aliphatic carbocycles. The molecule has 1 aliphatic heterocycles. The number of thiophene rings is 1. The van der Waals surface area contributed by atoms with Crippen LogP contribution in [-0.2, 0) is 0 Å². The normalized spacial score (nSPS) is 12.3. The van der Waals surface area contributed by atoms with Crippen molar-refractivity contribution in [3.8, 4) is 56.3 Å². The van der Waals surface area contributed by atoms with Gasteiger partial charge in [0.2, 0.25) is 5.95 Å². The van der Waals surface area contributed by atoms with Crippen molar-refractivity contribution in [1.29, 1.82) is 0 Å². The molecule has 4 aromatic heterocycles. The van der Waals surface area contributed by atoms with Crippen molar-refractivity contribution in [3.05, 3.63) is 194 Å². The minimum atomic E-state index is 0.661. The standard InChI is InChI=1S/C56H32N4S/c1-2-16-33(17-3-1)34-30-31-41(36-19-5-4-18-35(34)36)52-55-53(43-25-11-15-29-49(43)61-55)58-56(57-52)60-47-28-14-10-24-42(47)50-48(60)32-44-39-22-9-13-27-46(39)59-45-26-12-8-21-38(45)37-20-6-7-23-40(37)51(50)54(44)59/h1-32H.